The van der Waals surface area contributed by atoms with E-state index in [2.05, 4.69) is 5.16 Å². The van der Waals surface area contributed by atoms with Gasteiger partial charge in [0.2, 0.25) is 0 Å². The lowest BCUT2D eigenvalue weighted by atomic mass is 10.1. The van der Waals surface area contributed by atoms with E-state index in [1.54, 1.807) is 24.3 Å². The molecule has 0 bridgehead atoms. The van der Waals surface area contributed by atoms with E-state index >= 15 is 0 Å². The fourth-order valence-electron chi connectivity index (χ4n) is 1.84. The summed E-state index contributed by atoms with van der Waals surface area (Å²) in [6.45, 7) is 7.66. The number of amidine groups is 1. The Balaban J connectivity index is 2.98. The lowest BCUT2D eigenvalue weighted by Gasteiger charge is -2.26. The summed E-state index contributed by atoms with van der Waals surface area (Å²) in [4.78, 5) is 14.1. The van der Waals surface area contributed by atoms with Gasteiger partial charge in [-0.25, -0.2) is 0 Å². The summed E-state index contributed by atoms with van der Waals surface area (Å²) in [7, 11) is 0. The highest BCUT2D eigenvalue weighted by atomic mass is 16.5. The Labute approximate surface area is 125 Å². The Hall–Kier alpha value is -2.24. The zero-order valence-corrected chi connectivity index (χ0v) is 12.9. The molecule has 116 valence electrons. The van der Waals surface area contributed by atoms with E-state index in [0.29, 0.717) is 11.3 Å². The van der Waals surface area contributed by atoms with Crippen LogP contribution in [0.25, 0.3) is 0 Å². The fraction of sp³-hybridized carbons (Fsp3) is 0.467. The van der Waals surface area contributed by atoms with Crippen molar-refractivity contribution >= 4 is 11.7 Å². The van der Waals surface area contributed by atoms with E-state index < -0.39 is 0 Å². The highest BCUT2D eigenvalue weighted by Gasteiger charge is 2.20. The smallest absolute Gasteiger partial charge is 0.254 e. The molecule has 0 unspecified atom stereocenters. The molecule has 0 aliphatic rings. The summed E-state index contributed by atoms with van der Waals surface area (Å²) in [6.07, 6.45) is 0.0359. The second-order valence-corrected chi connectivity index (χ2v) is 5.31. The standard InChI is InChI=1S/C15H23N3O3/c1-10(2)18(9-14(16)17-20)15(19)12-6-5-7-13(8-12)21-11(3)4/h5-8,10-11,20H,9H2,1-4H3,(H2,16,17). The van der Waals surface area contributed by atoms with Crippen LogP contribution in [0.2, 0.25) is 0 Å². The van der Waals surface area contributed by atoms with Crippen molar-refractivity contribution < 1.29 is 14.7 Å². The van der Waals surface area contributed by atoms with Gasteiger partial charge in [0.25, 0.3) is 5.91 Å². The third-order valence-electron chi connectivity index (χ3n) is 2.80. The zero-order valence-electron chi connectivity index (χ0n) is 12.9. The highest BCUT2D eigenvalue weighted by molar-refractivity contribution is 5.97. The number of nitrogens with zero attached hydrogens (tertiary/aromatic N) is 2. The molecule has 0 saturated heterocycles. The van der Waals surface area contributed by atoms with Gasteiger partial charge in [0.15, 0.2) is 5.84 Å². The van der Waals surface area contributed by atoms with Gasteiger partial charge in [0.1, 0.15) is 5.75 Å². The monoisotopic (exact) mass is 293 g/mol. The predicted octanol–water partition coefficient (Wildman–Crippen LogP) is 2.07. The molecule has 0 radical (unpaired) electrons. The molecule has 0 aliphatic carbocycles. The minimum Gasteiger partial charge on any atom is -0.491 e. The number of ether oxygens (including phenoxy) is 1. The van der Waals surface area contributed by atoms with Crippen LogP contribution < -0.4 is 10.5 Å². The molecule has 1 rings (SSSR count). The minimum atomic E-state index is -0.189. The number of nitrogens with two attached hydrogens (primary N) is 1. The van der Waals surface area contributed by atoms with Crippen molar-refractivity contribution in [2.24, 2.45) is 10.9 Å². The molecule has 0 aliphatic heterocycles. The van der Waals surface area contributed by atoms with Crippen LogP contribution in [0.15, 0.2) is 29.4 Å². The van der Waals surface area contributed by atoms with E-state index in [1.165, 1.54) is 4.90 Å². The maximum Gasteiger partial charge on any atom is 0.254 e. The van der Waals surface area contributed by atoms with Gasteiger partial charge < -0.3 is 20.6 Å². The lowest BCUT2D eigenvalue weighted by molar-refractivity contribution is 0.0733. The molecule has 6 nitrogen and oxygen atoms in total. The van der Waals surface area contributed by atoms with Gasteiger partial charge in [0.05, 0.1) is 12.6 Å². The third kappa shape index (κ3) is 4.98. The topological polar surface area (TPSA) is 88.2 Å². The number of oxime groups is 1. The Bertz CT molecular complexity index is 513. The van der Waals surface area contributed by atoms with Crippen molar-refractivity contribution in [3.8, 4) is 5.75 Å². The molecule has 21 heavy (non-hydrogen) atoms. The first-order valence-electron chi connectivity index (χ1n) is 6.89. The van der Waals surface area contributed by atoms with Crippen LogP contribution in [-0.2, 0) is 0 Å². The number of hydrogen-bond donors (Lipinski definition) is 2. The van der Waals surface area contributed by atoms with E-state index in [4.69, 9.17) is 15.7 Å². The van der Waals surface area contributed by atoms with Crippen LogP contribution in [0, 0.1) is 0 Å². The molecule has 1 aromatic rings. The fourth-order valence-corrected chi connectivity index (χ4v) is 1.84. The van der Waals surface area contributed by atoms with Gasteiger partial charge in [-0.15, -0.1) is 0 Å². The second kappa shape index (κ2) is 7.52. The van der Waals surface area contributed by atoms with Gasteiger partial charge in [-0.05, 0) is 45.9 Å². The van der Waals surface area contributed by atoms with Gasteiger partial charge >= 0.3 is 0 Å². The predicted molar refractivity (Wildman–Crippen MR) is 81.8 cm³/mol. The largest absolute Gasteiger partial charge is 0.491 e. The summed E-state index contributed by atoms with van der Waals surface area (Å²) in [6, 6.07) is 6.92. The normalized spacial score (nSPS) is 11.8. The summed E-state index contributed by atoms with van der Waals surface area (Å²) >= 11 is 0. The SMILES string of the molecule is CC(C)Oc1cccc(C(=O)N(CC(N)=NO)C(C)C)c1. The molecule has 0 aromatic heterocycles. The number of carbonyl (C=O) groups excluding carboxylic acids is 1. The van der Waals surface area contributed by atoms with Crippen LogP contribution in [0.4, 0.5) is 0 Å². The first-order chi connectivity index (χ1) is 9.85. The van der Waals surface area contributed by atoms with Crippen LogP contribution in [0.1, 0.15) is 38.1 Å². The van der Waals surface area contributed by atoms with Crippen LogP contribution in [0.5, 0.6) is 5.75 Å². The highest BCUT2D eigenvalue weighted by Crippen LogP contribution is 2.17. The number of benzene rings is 1. The van der Waals surface area contributed by atoms with Gasteiger partial charge in [-0.3, -0.25) is 4.79 Å². The van der Waals surface area contributed by atoms with Crippen molar-refractivity contribution in [1.29, 1.82) is 0 Å². The van der Waals surface area contributed by atoms with Gasteiger partial charge in [0, 0.05) is 11.6 Å². The number of carbonyl (C=O) groups is 1. The maximum absolute atomic E-state index is 12.6. The third-order valence-corrected chi connectivity index (χ3v) is 2.80. The molecular weight excluding hydrogens is 270 g/mol. The molecule has 0 atom stereocenters. The van der Waals surface area contributed by atoms with Gasteiger partial charge in [-0.2, -0.15) is 0 Å². The van der Waals surface area contributed by atoms with Crippen molar-refractivity contribution in [3.05, 3.63) is 29.8 Å². The van der Waals surface area contributed by atoms with Crippen molar-refractivity contribution in [2.75, 3.05) is 6.54 Å². The number of hydrogen-bond acceptors (Lipinski definition) is 4. The Morgan fingerprint density at radius 2 is 2.05 bits per heavy atom. The average molecular weight is 293 g/mol. The van der Waals surface area contributed by atoms with Crippen molar-refractivity contribution in [1.82, 2.24) is 4.90 Å². The summed E-state index contributed by atoms with van der Waals surface area (Å²) < 4.78 is 5.59. The zero-order chi connectivity index (χ0) is 16.0. The van der Waals surface area contributed by atoms with E-state index in [9.17, 15) is 4.79 Å². The number of rotatable bonds is 6. The molecule has 3 N–H and O–H groups in total. The summed E-state index contributed by atoms with van der Waals surface area (Å²) in [5, 5.41) is 11.6. The molecule has 0 saturated carbocycles. The van der Waals surface area contributed by atoms with Crippen LogP contribution >= 0.6 is 0 Å². The Kier molecular flexibility index (Phi) is 6.02. The first kappa shape index (κ1) is 16.8. The van der Waals surface area contributed by atoms with E-state index in [1.807, 2.05) is 27.7 Å². The maximum atomic E-state index is 12.6. The summed E-state index contributed by atoms with van der Waals surface area (Å²) in [5.41, 5.74) is 6.01. The lowest BCUT2D eigenvalue weighted by Crippen LogP contribution is -2.42. The van der Waals surface area contributed by atoms with Crippen LogP contribution in [0.3, 0.4) is 0 Å². The van der Waals surface area contributed by atoms with E-state index in [-0.39, 0.29) is 30.4 Å². The minimum absolute atomic E-state index is 0.00775. The van der Waals surface area contributed by atoms with E-state index in [0.717, 1.165) is 0 Å². The van der Waals surface area contributed by atoms with Crippen LogP contribution in [-0.4, -0.2) is 40.5 Å². The quantitative estimate of drug-likeness (QED) is 0.364. The first-order valence-corrected chi connectivity index (χ1v) is 6.89. The number of amides is 1. The second-order valence-electron chi connectivity index (χ2n) is 5.31. The molecule has 0 spiro atoms. The molecule has 6 heteroatoms. The molecular formula is C15H23N3O3. The van der Waals surface area contributed by atoms with Gasteiger partial charge in [-0.1, -0.05) is 11.2 Å². The molecule has 0 fully saturated rings. The molecule has 0 heterocycles. The Morgan fingerprint density at radius 3 is 2.57 bits per heavy atom. The average Bonchev–Trinajstić information content (AvgIpc) is 2.43. The summed E-state index contributed by atoms with van der Waals surface area (Å²) in [5.74, 6) is 0.445. The van der Waals surface area contributed by atoms with Crippen molar-refractivity contribution in [2.45, 2.75) is 39.8 Å². The Morgan fingerprint density at radius 1 is 1.38 bits per heavy atom. The van der Waals surface area contributed by atoms with Crippen molar-refractivity contribution in [3.63, 3.8) is 0 Å². The molecule has 1 amide bonds. The molecule has 1 aromatic carbocycles.